The maximum atomic E-state index is 12.6. The van der Waals surface area contributed by atoms with Crippen LogP contribution in [0.4, 0.5) is 11.5 Å². The highest BCUT2D eigenvalue weighted by Crippen LogP contribution is 2.23. The lowest BCUT2D eigenvalue weighted by molar-refractivity contribution is -0.116. The Bertz CT molecular complexity index is 1070. The Balaban J connectivity index is 1.32. The van der Waals surface area contributed by atoms with Crippen molar-refractivity contribution in [2.24, 2.45) is 0 Å². The third-order valence-electron chi connectivity index (χ3n) is 5.51. The number of hydrogen-bond acceptors (Lipinski definition) is 5. The van der Waals surface area contributed by atoms with Crippen LogP contribution in [0.25, 0.3) is 10.8 Å². The van der Waals surface area contributed by atoms with E-state index in [1.807, 2.05) is 48.5 Å². The lowest BCUT2D eigenvalue weighted by Crippen LogP contribution is -2.33. The van der Waals surface area contributed by atoms with Crippen LogP contribution in [0.5, 0.6) is 0 Å². The molecule has 152 valence electrons. The molecule has 30 heavy (non-hydrogen) atoms. The summed E-state index contributed by atoms with van der Waals surface area (Å²) in [7, 11) is 0. The summed E-state index contributed by atoms with van der Waals surface area (Å²) in [6.45, 7) is 4.18. The van der Waals surface area contributed by atoms with E-state index in [4.69, 9.17) is 0 Å². The molecule has 1 amide bonds. The highest BCUT2D eigenvalue weighted by Gasteiger charge is 2.19. The second kappa shape index (κ2) is 9.38. The summed E-state index contributed by atoms with van der Waals surface area (Å²) in [5.74, 6) is 0.791. The second-order valence-electron chi connectivity index (χ2n) is 7.49. The van der Waals surface area contributed by atoms with Gasteiger partial charge in [-0.3, -0.25) is 4.79 Å². The molecule has 1 aromatic heterocycles. The van der Waals surface area contributed by atoms with Crippen molar-refractivity contribution in [2.45, 2.75) is 12.8 Å². The van der Waals surface area contributed by atoms with Gasteiger partial charge >= 0.3 is 0 Å². The van der Waals surface area contributed by atoms with E-state index in [1.165, 1.54) is 0 Å². The van der Waals surface area contributed by atoms with Crippen LogP contribution >= 0.6 is 0 Å². The molecule has 1 N–H and O–H groups in total. The number of benzene rings is 2. The van der Waals surface area contributed by atoms with Crippen LogP contribution in [0, 0.1) is 11.3 Å². The van der Waals surface area contributed by atoms with Gasteiger partial charge in [0.1, 0.15) is 11.9 Å². The van der Waals surface area contributed by atoms with Gasteiger partial charge in [0, 0.05) is 49.9 Å². The molecule has 6 heteroatoms. The predicted molar refractivity (Wildman–Crippen MR) is 119 cm³/mol. The zero-order chi connectivity index (χ0) is 20.8. The van der Waals surface area contributed by atoms with Crippen LogP contribution in [0.15, 0.2) is 60.8 Å². The molecule has 6 nitrogen and oxygen atoms in total. The zero-order valence-electron chi connectivity index (χ0n) is 16.9. The van der Waals surface area contributed by atoms with Gasteiger partial charge in [-0.25, -0.2) is 4.98 Å². The summed E-state index contributed by atoms with van der Waals surface area (Å²) in [5.41, 5.74) is 1.47. The average molecular weight is 399 g/mol. The smallest absolute Gasteiger partial charge is 0.225 e. The minimum Gasteiger partial charge on any atom is -0.354 e. The Morgan fingerprint density at radius 2 is 1.90 bits per heavy atom. The quantitative estimate of drug-likeness (QED) is 0.709. The molecule has 0 atom stereocenters. The number of pyridine rings is 1. The van der Waals surface area contributed by atoms with Gasteiger partial charge in [0.05, 0.1) is 5.56 Å². The van der Waals surface area contributed by atoms with Crippen LogP contribution in [-0.2, 0) is 4.79 Å². The van der Waals surface area contributed by atoms with E-state index in [0.717, 1.165) is 61.4 Å². The summed E-state index contributed by atoms with van der Waals surface area (Å²) < 4.78 is 0. The number of aromatic nitrogens is 1. The third kappa shape index (κ3) is 4.58. The second-order valence-corrected chi connectivity index (χ2v) is 7.49. The fourth-order valence-electron chi connectivity index (χ4n) is 3.95. The predicted octanol–water partition coefficient (Wildman–Crippen LogP) is 3.65. The van der Waals surface area contributed by atoms with Crippen molar-refractivity contribution in [2.75, 3.05) is 42.9 Å². The molecule has 0 radical (unpaired) electrons. The minimum absolute atomic E-state index is 0.0314. The number of nitrogens with zero attached hydrogens (tertiary/aromatic N) is 4. The molecule has 1 saturated heterocycles. The number of amides is 1. The molecule has 0 saturated carbocycles. The molecule has 2 heterocycles. The Morgan fingerprint density at radius 3 is 2.80 bits per heavy atom. The first-order chi connectivity index (χ1) is 14.7. The molecule has 1 fully saturated rings. The fourth-order valence-corrected chi connectivity index (χ4v) is 3.95. The normalized spacial score (nSPS) is 14.8. The molecule has 1 aliphatic heterocycles. The van der Waals surface area contributed by atoms with Gasteiger partial charge in [0.15, 0.2) is 0 Å². The molecule has 0 bridgehead atoms. The van der Waals surface area contributed by atoms with E-state index < -0.39 is 0 Å². The molecule has 0 unspecified atom stereocenters. The number of rotatable bonds is 5. The Labute approximate surface area is 176 Å². The van der Waals surface area contributed by atoms with Gasteiger partial charge < -0.3 is 15.1 Å². The third-order valence-corrected chi connectivity index (χ3v) is 5.51. The van der Waals surface area contributed by atoms with E-state index in [1.54, 1.807) is 12.3 Å². The van der Waals surface area contributed by atoms with E-state index in [0.29, 0.717) is 12.0 Å². The number of anilines is 2. The van der Waals surface area contributed by atoms with Crippen molar-refractivity contribution in [3.05, 3.63) is 66.4 Å². The average Bonchev–Trinajstić information content (AvgIpc) is 3.03. The Hall–Kier alpha value is -3.43. The van der Waals surface area contributed by atoms with Crippen molar-refractivity contribution in [1.82, 2.24) is 9.88 Å². The first-order valence-electron chi connectivity index (χ1n) is 10.3. The van der Waals surface area contributed by atoms with Gasteiger partial charge in [-0.1, -0.05) is 36.4 Å². The lowest BCUT2D eigenvalue weighted by Gasteiger charge is -2.23. The monoisotopic (exact) mass is 399 g/mol. The van der Waals surface area contributed by atoms with Gasteiger partial charge in [0.25, 0.3) is 0 Å². The SMILES string of the molecule is N#Cc1cccnc1N1CCCN(CCC(=O)Nc2cccc3ccccc23)CC1. The topological polar surface area (TPSA) is 72.3 Å². The van der Waals surface area contributed by atoms with Crippen LogP contribution < -0.4 is 10.2 Å². The van der Waals surface area contributed by atoms with Gasteiger partial charge in [0.2, 0.25) is 5.91 Å². The van der Waals surface area contributed by atoms with Crippen molar-refractivity contribution >= 4 is 28.2 Å². The van der Waals surface area contributed by atoms with Crippen molar-refractivity contribution in [3.8, 4) is 6.07 Å². The number of carbonyl (C=O) groups is 1. The molecule has 4 rings (SSSR count). The molecular weight excluding hydrogens is 374 g/mol. The van der Waals surface area contributed by atoms with Crippen LogP contribution in [-0.4, -0.2) is 48.5 Å². The van der Waals surface area contributed by atoms with E-state index >= 15 is 0 Å². The standard InChI is InChI=1S/C24H25N5O/c25-18-20-8-4-12-26-24(20)29-14-5-13-28(16-17-29)15-11-23(30)27-22-10-3-7-19-6-1-2-9-21(19)22/h1-4,6-10,12H,5,11,13-17H2,(H,27,30). The number of fused-ring (bicyclic) bond motifs is 1. The first-order valence-corrected chi connectivity index (χ1v) is 10.3. The molecule has 1 aliphatic rings. The number of carbonyl (C=O) groups excluding carboxylic acids is 1. The highest BCUT2D eigenvalue weighted by molar-refractivity contribution is 6.02. The van der Waals surface area contributed by atoms with Crippen molar-refractivity contribution in [3.63, 3.8) is 0 Å². The summed E-state index contributed by atoms with van der Waals surface area (Å²) in [6, 6.07) is 19.9. The van der Waals surface area contributed by atoms with E-state index in [-0.39, 0.29) is 5.91 Å². The summed E-state index contributed by atoms with van der Waals surface area (Å²) >= 11 is 0. The minimum atomic E-state index is 0.0314. The van der Waals surface area contributed by atoms with Gasteiger partial charge in [-0.05, 0) is 36.6 Å². The first kappa shape index (κ1) is 19.9. The highest BCUT2D eigenvalue weighted by atomic mass is 16.1. The maximum absolute atomic E-state index is 12.6. The number of hydrogen-bond donors (Lipinski definition) is 1. The van der Waals surface area contributed by atoms with Crippen molar-refractivity contribution in [1.29, 1.82) is 5.26 Å². The number of nitriles is 1. The van der Waals surface area contributed by atoms with Crippen molar-refractivity contribution < 1.29 is 4.79 Å². The molecule has 0 aliphatic carbocycles. The molecule has 2 aromatic carbocycles. The summed E-state index contributed by atoms with van der Waals surface area (Å²) in [5, 5.41) is 14.6. The van der Waals surface area contributed by atoms with Crippen LogP contribution in [0.2, 0.25) is 0 Å². The summed E-state index contributed by atoms with van der Waals surface area (Å²) in [6.07, 6.45) is 3.17. The number of nitrogens with one attached hydrogen (secondary N) is 1. The van der Waals surface area contributed by atoms with E-state index in [2.05, 4.69) is 26.2 Å². The molecule has 3 aromatic rings. The fraction of sp³-hybridized carbons (Fsp3) is 0.292. The largest absolute Gasteiger partial charge is 0.354 e. The van der Waals surface area contributed by atoms with Crippen LogP contribution in [0.1, 0.15) is 18.4 Å². The molecule has 0 spiro atoms. The van der Waals surface area contributed by atoms with E-state index in [9.17, 15) is 10.1 Å². The van der Waals surface area contributed by atoms with Gasteiger partial charge in [-0.2, -0.15) is 5.26 Å². The van der Waals surface area contributed by atoms with Gasteiger partial charge in [-0.15, -0.1) is 0 Å². The molecular formula is C24H25N5O. The maximum Gasteiger partial charge on any atom is 0.225 e. The Morgan fingerprint density at radius 1 is 1.03 bits per heavy atom. The van der Waals surface area contributed by atoms with Crippen LogP contribution in [0.3, 0.4) is 0 Å². The Kier molecular flexibility index (Phi) is 6.21. The zero-order valence-corrected chi connectivity index (χ0v) is 16.9. The summed E-state index contributed by atoms with van der Waals surface area (Å²) in [4.78, 5) is 21.5. The lowest BCUT2D eigenvalue weighted by atomic mass is 10.1.